The van der Waals surface area contributed by atoms with Crippen molar-refractivity contribution in [1.82, 2.24) is 4.90 Å². The molecule has 1 aromatic rings. The van der Waals surface area contributed by atoms with Crippen molar-refractivity contribution in [2.75, 3.05) is 18.4 Å². The van der Waals surface area contributed by atoms with Crippen LogP contribution < -0.4 is 11.1 Å². The largest absolute Gasteiger partial charge is 0.339 e. The molecular weight excluding hydrogens is 266 g/mol. The highest BCUT2D eigenvalue weighted by Gasteiger charge is 2.21. The Labute approximate surface area is 126 Å². The number of nitrogens with one attached hydrogen (secondary N) is 1. The number of amides is 2. The molecule has 0 aliphatic heterocycles. The average molecular weight is 291 g/mol. The fourth-order valence-electron chi connectivity index (χ4n) is 1.95. The number of carbonyl (C=O) groups excluding carboxylic acids is 2. The van der Waals surface area contributed by atoms with Gasteiger partial charge in [0.15, 0.2) is 0 Å². The van der Waals surface area contributed by atoms with Gasteiger partial charge in [0.2, 0.25) is 5.91 Å². The fraction of sp³-hybridized carbons (Fsp3) is 0.500. The minimum Gasteiger partial charge on any atom is -0.339 e. The monoisotopic (exact) mass is 291 g/mol. The highest BCUT2D eigenvalue weighted by atomic mass is 16.2. The molecule has 1 aromatic carbocycles. The summed E-state index contributed by atoms with van der Waals surface area (Å²) < 4.78 is 0. The van der Waals surface area contributed by atoms with Crippen LogP contribution >= 0.6 is 0 Å². The Kier molecular flexibility index (Phi) is 6.37. The van der Waals surface area contributed by atoms with Gasteiger partial charge < -0.3 is 16.0 Å². The predicted octanol–water partition coefficient (Wildman–Crippen LogP) is 2.09. The molecule has 1 rings (SSSR count). The summed E-state index contributed by atoms with van der Waals surface area (Å²) in [5, 5.41) is 2.81. The van der Waals surface area contributed by atoms with Crippen molar-refractivity contribution in [1.29, 1.82) is 0 Å². The van der Waals surface area contributed by atoms with Crippen molar-refractivity contribution >= 4 is 17.5 Å². The quantitative estimate of drug-likeness (QED) is 0.842. The summed E-state index contributed by atoms with van der Waals surface area (Å²) in [6.07, 6.45) is 0. The van der Waals surface area contributed by atoms with Crippen molar-refractivity contribution in [3.05, 3.63) is 29.8 Å². The molecule has 21 heavy (non-hydrogen) atoms. The topological polar surface area (TPSA) is 75.4 Å². The molecule has 0 bridgehead atoms. The number of para-hydroxylation sites is 1. The normalized spacial score (nSPS) is 13.4. The van der Waals surface area contributed by atoms with Crippen molar-refractivity contribution < 1.29 is 9.59 Å². The Hall–Kier alpha value is -1.88. The van der Waals surface area contributed by atoms with Gasteiger partial charge in [0.1, 0.15) is 0 Å². The van der Waals surface area contributed by atoms with Crippen LogP contribution in [0, 0.1) is 5.92 Å². The van der Waals surface area contributed by atoms with Gasteiger partial charge in [-0.2, -0.15) is 0 Å². The third kappa shape index (κ3) is 4.29. The number of anilines is 1. The fourth-order valence-corrected chi connectivity index (χ4v) is 1.95. The lowest BCUT2D eigenvalue weighted by Gasteiger charge is -2.21. The first kappa shape index (κ1) is 17.2. The summed E-state index contributed by atoms with van der Waals surface area (Å²) in [5.74, 6) is -0.573. The molecule has 116 valence electrons. The van der Waals surface area contributed by atoms with Gasteiger partial charge in [-0.3, -0.25) is 9.59 Å². The second kappa shape index (κ2) is 7.78. The van der Waals surface area contributed by atoms with E-state index in [1.165, 1.54) is 0 Å². The maximum absolute atomic E-state index is 12.5. The molecule has 2 unspecified atom stereocenters. The molecule has 0 spiro atoms. The molecule has 0 aliphatic rings. The Morgan fingerprint density at radius 3 is 2.29 bits per heavy atom. The first-order valence-corrected chi connectivity index (χ1v) is 7.37. The van der Waals surface area contributed by atoms with E-state index in [4.69, 9.17) is 5.73 Å². The van der Waals surface area contributed by atoms with E-state index in [9.17, 15) is 9.59 Å². The van der Waals surface area contributed by atoms with Gasteiger partial charge in [-0.15, -0.1) is 0 Å². The van der Waals surface area contributed by atoms with Crippen LogP contribution in [-0.2, 0) is 4.79 Å². The summed E-state index contributed by atoms with van der Waals surface area (Å²) in [7, 11) is 0. The van der Waals surface area contributed by atoms with Crippen molar-refractivity contribution in [3.63, 3.8) is 0 Å². The van der Waals surface area contributed by atoms with Crippen LogP contribution in [0.5, 0.6) is 0 Å². The number of nitrogens with two attached hydrogens (primary N) is 1. The van der Waals surface area contributed by atoms with Gasteiger partial charge in [0, 0.05) is 19.1 Å². The van der Waals surface area contributed by atoms with E-state index in [2.05, 4.69) is 5.32 Å². The van der Waals surface area contributed by atoms with Crippen LogP contribution in [0.4, 0.5) is 5.69 Å². The Bertz CT molecular complexity index is 496. The lowest BCUT2D eigenvalue weighted by molar-refractivity contribution is -0.119. The standard InChI is InChI=1S/C16H25N3O2/c1-5-19(6-2)16(21)13-9-7-8-10-14(13)18-15(20)11(3)12(4)17/h7-12H,5-6,17H2,1-4H3,(H,18,20). The number of rotatable bonds is 6. The molecule has 3 N–H and O–H groups in total. The third-order valence-corrected chi connectivity index (χ3v) is 3.67. The van der Waals surface area contributed by atoms with Gasteiger partial charge in [-0.1, -0.05) is 19.1 Å². The maximum atomic E-state index is 12.5. The number of hydrogen-bond donors (Lipinski definition) is 2. The molecule has 2 atom stereocenters. The summed E-state index contributed by atoms with van der Waals surface area (Å²) in [6, 6.07) is 6.82. The van der Waals surface area contributed by atoms with Crippen LogP contribution in [-0.4, -0.2) is 35.8 Å². The molecule has 0 aliphatic carbocycles. The first-order valence-electron chi connectivity index (χ1n) is 7.37. The SMILES string of the molecule is CCN(CC)C(=O)c1ccccc1NC(=O)C(C)C(C)N. The molecule has 0 saturated carbocycles. The molecule has 5 nitrogen and oxygen atoms in total. The Balaban J connectivity index is 3.00. The van der Waals surface area contributed by atoms with E-state index in [-0.39, 0.29) is 23.8 Å². The number of carbonyl (C=O) groups is 2. The van der Waals surface area contributed by atoms with E-state index in [1.807, 2.05) is 13.8 Å². The zero-order valence-electron chi connectivity index (χ0n) is 13.2. The highest BCUT2D eigenvalue weighted by Crippen LogP contribution is 2.18. The van der Waals surface area contributed by atoms with E-state index in [0.29, 0.717) is 24.3 Å². The van der Waals surface area contributed by atoms with Gasteiger partial charge in [-0.05, 0) is 32.9 Å². The van der Waals surface area contributed by atoms with Crippen LogP contribution in [0.1, 0.15) is 38.1 Å². The zero-order chi connectivity index (χ0) is 16.0. The zero-order valence-corrected chi connectivity index (χ0v) is 13.2. The van der Waals surface area contributed by atoms with E-state index in [1.54, 1.807) is 43.0 Å². The molecular formula is C16H25N3O2. The summed E-state index contributed by atoms with van der Waals surface area (Å²) >= 11 is 0. The predicted molar refractivity (Wildman–Crippen MR) is 85.1 cm³/mol. The van der Waals surface area contributed by atoms with Gasteiger partial charge in [-0.25, -0.2) is 0 Å². The minimum absolute atomic E-state index is 0.0793. The molecule has 0 saturated heterocycles. The van der Waals surface area contributed by atoms with E-state index in [0.717, 1.165) is 0 Å². The summed E-state index contributed by atoms with van der Waals surface area (Å²) in [4.78, 5) is 26.3. The molecule has 0 fully saturated rings. The number of hydrogen-bond acceptors (Lipinski definition) is 3. The maximum Gasteiger partial charge on any atom is 0.255 e. The Morgan fingerprint density at radius 1 is 1.19 bits per heavy atom. The third-order valence-electron chi connectivity index (χ3n) is 3.67. The van der Waals surface area contributed by atoms with Crippen LogP contribution in [0.2, 0.25) is 0 Å². The van der Waals surface area contributed by atoms with Gasteiger partial charge >= 0.3 is 0 Å². The van der Waals surface area contributed by atoms with Crippen molar-refractivity contribution in [2.24, 2.45) is 11.7 Å². The second-order valence-corrected chi connectivity index (χ2v) is 5.16. The van der Waals surface area contributed by atoms with Crippen LogP contribution in [0.3, 0.4) is 0 Å². The average Bonchev–Trinajstić information content (AvgIpc) is 2.47. The molecule has 0 heterocycles. The van der Waals surface area contributed by atoms with Crippen LogP contribution in [0.15, 0.2) is 24.3 Å². The molecule has 5 heteroatoms. The first-order chi connectivity index (χ1) is 9.92. The van der Waals surface area contributed by atoms with Crippen molar-refractivity contribution in [2.45, 2.75) is 33.7 Å². The lowest BCUT2D eigenvalue weighted by atomic mass is 10.0. The summed E-state index contributed by atoms with van der Waals surface area (Å²) in [6.45, 7) is 8.69. The number of nitrogens with zero attached hydrogens (tertiary/aromatic N) is 1. The Morgan fingerprint density at radius 2 is 1.76 bits per heavy atom. The lowest BCUT2D eigenvalue weighted by Crippen LogP contribution is -2.35. The van der Waals surface area contributed by atoms with Gasteiger partial charge in [0.25, 0.3) is 5.91 Å². The van der Waals surface area contributed by atoms with E-state index >= 15 is 0 Å². The highest BCUT2D eigenvalue weighted by molar-refractivity contribution is 6.04. The second-order valence-electron chi connectivity index (χ2n) is 5.16. The molecule has 0 aromatic heterocycles. The number of benzene rings is 1. The van der Waals surface area contributed by atoms with Gasteiger partial charge in [0.05, 0.1) is 17.2 Å². The molecule has 2 amide bonds. The van der Waals surface area contributed by atoms with Crippen molar-refractivity contribution in [3.8, 4) is 0 Å². The van der Waals surface area contributed by atoms with Crippen LogP contribution in [0.25, 0.3) is 0 Å². The van der Waals surface area contributed by atoms with E-state index < -0.39 is 0 Å². The minimum atomic E-state index is -0.318. The summed E-state index contributed by atoms with van der Waals surface area (Å²) in [5.41, 5.74) is 6.78. The smallest absolute Gasteiger partial charge is 0.255 e. The molecule has 0 radical (unpaired) electrons.